The third-order valence-electron chi connectivity index (χ3n) is 2.80. The minimum absolute atomic E-state index is 0.0356. The van der Waals surface area contributed by atoms with Crippen molar-refractivity contribution in [3.63, 3.8) is 0 Å². The molecule has 0 radical (unpaired) electrons. The first-order valence-electron chi connectivity index (χ1n) is 6.50. The predicted molar refractivity (Wildman–Crippen MR) is 81.3 cm³/mol. The minimum atomic E-state index is -3.63. The zero-order chi connectivity index (χ0) is 16.0. The molecular weight excluding hydrogens is 304 g/mol. The Hall–Kier alpha value is -2.22. The molecule has 0 aliphatic carbocycles. The molecule has 1 aromatic carbocycles. The van der Waals surface area contributed by atoms with E-state index in [4.69, 9.17) is 9.94 Å². The summed E-state index contributed by atoms with van der Waals surface area (Å²) in [6, 6.07) is 11.1. The van der Waals surface area contributed by atoms with E-state index < -0.39 is 9.84 Å². The Balaban J connectivity index is 2.17. The van der Waals surface area contributed by atoms with Crippen molar-refractivity contribution in [2.24, 2.45) is 0 Å². The van der Waals surface area contributed by atoms with Crippen molar-refractivity contribution in [2.45, 2.75) is 9.92 Å². The topological polar surface area (TPSA) is 88.5 Å². The number of sulfone groups is 1. The fourth-order valence-electron chi connectivity index (χ4n) is 1.68. The van der Waals surface area contributed by atoms with Crippen LogP contribution in [0.2, 0.25) is 0 Å². The number of benzene rings is 1. The van der Waals surface area contributed by atoms with E-state index in [0.717, 1.165) is 0 Å². The van der Waals surface area contributed by atoms with E-state index >= 15 is 0 Å². The van der Waals surface area contributed by atoms with Gasteiger partial charge in [0.1, 0.15) is 0 Å². The van der Waals surface area contributed by atoms with Gasteiger partial charge in [0, 0.05) is 11.8 Å². The lowest BCUT2D eigenvalue weighted by atomic mass is 10.2. The molecule has 0 amide bonds. The number of hydrogen-bond acceptors (Lipinski definition) is 6. The summed E-state index contributed by atoms with van der Waals surface area (Å²) in [6.07, 6.45) is 1.40. The van der Waals surface area contributed by atoms with Crippen molar-refractivity contribution in [1.82, 2.24) is 10.5 Å². The highest BCUT2D eigenvalue weighted by molar-refractivity contribution is 7.91. The highest BCUT2D eigenvalue weighted by Gasteiger charge is 2.18. The van der Waals surface area contributed by atoms with Gasteiger partial charge in [0.15, 0.2) is 5.03 Å². The average molecular weight is 320 g/mol. The fraction of sp³-hybridized carbons (Fsp3) is 0.133. The molecule has 0 saturated heterocycles. The average Bonchev–Trinajstić information content (AvgIpc) is 2.56. The zero-order valence-corrected chi connectivity index (χ0v) is 12.6. The molecule has 0 saturated carbocycles. The lowest BCUT2D eigenvalue weighted by Gasteiger charge is -2.09. The van der Waals surface area contributed by atoms with E-state index in [0.29, 0.717) is 11.3 Å². The van der Waals surface area contributed by atoms with Crippen LogP contribution < -0.4 is 5.48 Å². The summed E-state index contributed by atoms with van der Waals surface area (Å²) in [6.45, 7) is 3.74. The standard InChI is InChI=1S/C15H16N2O4S/c1-12(17-21-10-9-18)13-7-8-15(16-11-13)22(19,20)14-5-3-2-4-6-14/h2-8,11,17-18H,1,9-10H2. The molecule has 0 bridgehead atoms. The summed E-state index contributed by atoms with van der Waals surface area (Å²) in [5.41, 5.74) is 3.55. The number of hydroxylamine groups is 1. The molecule has 22 heavy (non-hydrogen) atoms. The zero-order valence-electron chi connectivity index (χ0n) is 11.8. The van der Waals surface area contributed by atoms with Crippen molar-refractivity contribution < 1.29 is 18.4 Å². The molecule has 2 aromatic rings. The Bertz CT molecular complexity index is 728. The van der Waals surface area contributed by atoms with Gasteiger partial charge in [-0.15, -0.1) is 0 Å². The Morgan fingerprint density at radius 3 is 2.55 bits per heavy atom. The van der Waals surface area contributed by atoms with Gasteiger partial charge < -0.3 is 5.11 Å². The van der Waals surface area contributed by atoms with Crippen molar-refractivity contribution in [3.8, 4) is 0 Å². The van der Waals surface area contributed by atoms with E-state index in [1.54, 1.807) is 24.3 Å². The normalized spacial score (nSPS) is 11.1. The van der Waals surface area contributed by atoms with Crippen LogP contribution in [-0.4, -0.2) is 31.7 Å². The van der Waals surface area contributed by atoms with Crippen LogP contribution in [0.3, 0.4) is 0 Å². The Morgan fingerprint density at radius 2 is 1.95 bits per heavy atom. The van der Waals surface area contributed by atoms with Crippen molar-refractivity contribution in [1.29, 1.82) is 0 Å². The van der Waals surface area contributed by atoms with E-state index in [-0.39, 0.29) is 23.1 Å². The van der Waals surface area contributed by atoms with E-state index in [1.807, 2.05) is 0 Å². The summed E-state index contributed by atoms with van der Waals surface area (Å²) in [4.78, 5) is 9.10. The second-order valence-electron chi connectivity index (χ2n) is 4.35. The quantitative estimate of drug-likeness (QED) is 0.592. The molecular formula is C15H16N2O4S. The van der Waals surface area contributed by atoms with Crippen LogP contribution in [0.1, 0.15) is 5.56 Å². The van der Waals surface area contributed by atoms with Crippen LogP contribution in [-0.2, 0) is 14.7 Å². The molecule has 0 unspecified atom stereocenters. The van der Waals surface area contributed by atoms with Gasteiger partial charge in [-0.1, -0.05) is 24.8 Å². The number of aromatic nitrogens is 1. The van der Waals surface area contributed by atoms with Crippen LogP contribution in [0, 0.1) is 0 Å². The molecule has 6 nitrogen and oxygen atoms in total. The molecule has 0 aliphatic rings. The summed E-state index contributed by atoms with van der Waals surface area (Å²) in [5.74, 6) is 0. The van der Waals surface area contributed by atoms with Crippen LogP contribution >= 0.6 is 0 Å². The summed E-state index contributed by atoms with van der Waals surface area (Å²) < 4.78 is 24.7. The van der Waals surface area contributed by atoms with Crippen molar-refractivity contribution in [3.05, 3.63) is 60.8 Å². The smallest absolute Gasteiger partial charge is 0.223 e. The maximum atomic E-state index is 12.4. The fourth-order valence-corrected chi connectivity index (χ4v) is 2.88. The van der Waals surface area contributed by atoms with Gasteiger partial charge in [-0.3, -0.25) is 10.3 Å². The van der Waals surface area contributed by atoms with Gasteiger partial charge in [0.05, 0.1) is 23.8 Å². The van der Waals surface area contributed by atoms with Crippen LogP contribution in [0.5, 0.6) is 0 Å². The lowest BCUT2D eigenvalue weighted by Crippen LogP contribution is -2.15. The Kier molecular flexibility index (Phi) is 5.26. The monoisotopic (exact) mass is 320 g/mol. The molecule has 0 atom stereocenters. The maximum Gasteiger partial charge on any atom is 0.223 e. The van der Waals surface area contributed by atoms with Gasteiger partial charge in [0.25, 0.3) is 0 Å². The van der Waals surface area contributed by atoms with Gasteiger partial charge in [-0.05, 0) is 24.3 Å². The molecule has 116 valence electrons. The minimum Gasteiger partial charge on any atom is -0.394 e. The van der Waals surface area contributed by atoms with Gasteiger partial charge in [-0.25, -0.2) is 13.4 Å². The largest absolute Gasteiger partial charge is 0.394 e. The number of nitrogens with one attached hydrogen (secondary N) is 1. The van der Waals surface area contributed by atoms with Crippen LogP contribution in [0.25, 0.3) is 5.70 Å². The summed E-state index contributed by atoms with van der Waals surface area (Å²) in [5, 5.41) is 8.57. The molecule has 2 N–H and O–H groups in total. The first-order chi connectivity index (χ1) is 10.6. The van der Waals surface area contributed by atoms with E-state index in [9.17, 15) is 8.42 Å². The molecule has 7 heteroatoms. The number of rotatable bonds is 7. The lowest BCUT2D eigenvalue weighted by molar-refractivity contribution is 0.0481. The van der Waals surface area contributed by atoms with Crippen molar-refractivity contribution in [2.75, 3.05) is 13.2 Å². The third kappa shape index (κ3) is 3.70. The van der Waals surface area contributed by atoms with E-state index in [1.165, 1.54) is 24.4 Å². The molecule has 1 heterocycles. The van der Waals surface area contributed by atoms with Gasteiger partial charge >= 0.3 is 0 Å². The van der Waals surface area contributed by atoms with Crippen LogP contribution in [0.15, 0.2) is 65.2 Å². The Labute approximate surface area is 129 Å². The van der Waals surface area contributed by atoms with Gasteiger partial charge in [-0.2, -0.15) is 0 Å². The predicted octanol–water partition coefficient (Wildman–Crippen LogP) is 1.40. The maximum absolute atomic E-state index is 12.4. The Morgan fingerprint density at radius 1 is 1.23 bits per heavy atom. The third-order valence-corrected chi connectivity index (χ3v) is 4.49. The second kappa shape index (κ2) is 7.17. The van der Waals surface area contributed by atoms with Gasteiger partial charge in [0.2, 0.25) is 9.84 Å². The number of aliphatic hydroxyl groups is 1. The number of aliphatic hydroxyl groups excluding tert-OH is 1. The molecule has 0 aliphatic heterocycles. The van der Waals surface area contributed by atoms with Crippen molar-refractivity contribution >= 4 is 15.5 Å². The summed E-state index contributed by atoms with van der Waals surface area (Å²) in [7, 11) is -3.63. The SMILES string of the molecule is C=C(NOCCO)c1ccc(S(=O)(=O)c2ccccc2)nc1. The number of hydrogen-bond donors (Lipinski definition) is 2. The highest BCUT2D eigenvalue weighted by Crippen LogP contribution is 2.19. The number of nitrogens with zero attached hydrogens (tertiary/aromatic N) is 1. The molecule has 2 rings (SSSR count). The van der Waals surface area contributed by atoms with E-state index in [2.05, 4.69) is 17.0 Å². The first kappa shape index (κ1) is 16.2. The van der Waals surface area contributed by atoms with Crippen LogP contribution in [0.4, 0.5) is 0 Å². The highest BCUT2D eigenvalue weighted by atomic mass is 32.2. The number of pyridine rings is 1. The second-order valence-corrected chi connectivity index (χ2v) is 6.25. The molecule has 0 spiro atoms. The summed E-state index contributed by atoms with van der Waals surface area (Å²) >= 11 is 0. The molecule has 1 aromatic heterocycles. The molecule has 0 fully saturated rings. The first-order valence-corrected chi connectivity index (χ1v) is 7.98.